The van der Waals surface area contributed by atoms with Crippen LogP contribution in [0.4, 0.5) is 4.79 Å². The van der Waals surface area contributed by atoms with E-state index < -0.39 is 18.2 Å². The first-order valence-electron chi connectivity index (χ1n) is 6.29. The minimum Gasteiger partial charge on any atom is -0.390 e. The Hall–Kier alpha value is -1.73. The molecule has 7 nitrogen and oxygen atoms in total. The number of aliphatic hydroxyl groups is 2. The van der Waals surface area contributed by atoms with Gasteiger partial charge in [0.2, 0.25) is 0 Å². The molecule has 2 amide bonds. The van der Waals surface area contributed by atoms with Crippen molar-refractivity contribution >= 4 is 6.03 Å². The van der Waals surface area contributed by atoms with Gasteiger partial charge in [0.15, 0.2) is 0 Å². The first kappa shape index (κ1) is 13.7. The number of nitrogens with one attached hydrogen (secondary N) is 2. The number of urea groups is 1. The highest BCUT2D eigenvalue weighted by molar-refractivity contribution is 5.74. The molecule has 0 aliphatic heterocycles. The predicted octanol–water partition coefficient (Wildman–Crippen LogP) is -0.627. The van der Waals surface area contributed by atoms with Crippen LogP contribution in [0.2, 0.25) is 0 Å². The second-order valence-electron chi connectivity index (χ2n) is 4.60. The molecule has 7 heteroatoms. The molecule has 1 fully saturated rings. The van der Waals surface area contributed by atoms with Crippen molar-refractivity contribution in [3.8, 4) is 0 Å². The number of carbonyl (C=O) groups excluding carboxylic acids is 1. The Morgan fingerprint density at radius 1 is 1.42 bits per heavy atom. The molecular weight excluding hydrogens is 248 g/mol. The van der Waals surface area contributed by atoms with Gasteiger partial charge in [-0.3, -0.25) is 0 Å². The summed E-state index contributed by atoms with van der Waals surface area (Å²) in [6, 6.07) is -0.907. The average Bonchev–Trinajstić information content (AvgIpc) is 2.68. The van der Waals surface area contributed by atoms with Crippen molar-refractivity contribution < 1.29 is 15.0 Å². The zero-order valence-corrected chi connectivity index (χ0v) is 10.7. The van der Waals surface area contributed by atoms with E-state index in [1.54, 1.807) is 12.4 Å². The number of amides is 2. The Labute approximate surface area is 111 Å². The van der Waals surface area contributed by atoms with Gasteiger partial charge in [0, 0.05) is 24.9 Å². The molecule has 1 aliphatic carbocycles. The molecule has 1 aromatic heterocycles. The standard InChI is InChI=1S/C12H18N4O3/c1-2-15-12(19)16-10-8(3-9(17)11(10)18)7-4-13-6-14-5-7/h4-6,8-11,17-18H,2-3H2,1H3,(H2,15,16,19)/t8-,9-,10-,11-/m1/s1. The van der Waals surface area contributed by atoms with Crippen LogP contribution in [0, 0.1) is 0 Å². The van der Waals surface area contributed by atoms with Gasteiger partial charge < -0.3 is 20.8 Å². The van der Waals surface area contributed by atoms with Crippen LogP contribution < -0.4 is 10.6 Å². The van der Waals surface area contributed by atoms with Gasteiger partial charge in [0.1, 0.15) is 12.4 Å². The fourth-order valence-electron chi connectivity index (χ4n) is 2.42. The van der Waals surface area contributed by atoms with E-state index in [1.807, 2.05) is 6.92 Å². The highest BCUT2D eigenvalue weighted by atomic mass is 16.3. The van der Waals surface area contributed by atoms with Crippen LogP contribution in [0.25, 0.3) is 0 Å². The second kappa shape index (κ2) is 5.94. The summed E-state index contributed by atoms with van der Waals surface area (Å²) in [4.78, 5) is 19.4. The maximum atomic E-state index is 11.6. The van der Waals surface area contributed by atoms with Crippen molar-refractivity contribution in [1.29, 1.82) is 0 Å². The zero-order valence-electron chi connectivity index (χ0n) is 10.7. The number of nitrogens with zero attached hydrogens (tertiary/aromatic N) is 2. The number of aromatic nitrogens is 2. The van der Waals surface area contributed by atoms with Gasteiger partial charge >= 0.3 is 6.03 Å². The molecule has 0 bridgehead atoms. The molecular formula is C12H18N4O3. The van der Waals surface area contributed by atoms with Crippen molar-refractivity contribution in [2.45, 2.75) is 37.5 Å². The second-order valence-corrected chi connectivity index (χ2v) is 4.60. The normalized spacial score (nSPS) is 30.1. The van der Waals surface area contributed by atoms with Crippen LogP contribution in [0.15, 0.2) is 18.7 Å². The lowest BCUT2D eigenvalue weighted by molar-refractivity contribution is 0.0319. The fraction of sp³-hybridized carbons (Fsp3) is 0.583. The monoisotopic (exact) mass is 266 g/mol. The molecule has 4 N–H and O–H groups in total. The lowest BCUT2D eigenvalue weighted by atomic mass is 9.96. The largest absolute Gasteiger partial charge is 0.390 e. The van der Waals surface area contributed by atoms with E-state index in [0.29, 0.717) is 13.0 Å². The molecule has 1 heterocycles. The summed E-state index contributed by atoms with van der Waals surface area (Å²) in [5, 5.41) is 25.1. The lowest BCUT2D eigenvalue weighted by Crippen LogP contribution is -2.49. The quantitative estimate of drug-likeness (QED) is 0.583. The van der Waals surface area contributed by atoms with Gasteiger partial charge in [0.05, 0.1) is 12.1 Å². The fourth-order valence-corrected chi connectivity index (χ4v) is 2.42. The van der Waals surface area contributed by atoms with E-state index in [-0.39, 0.29) is 11.9 Å². The van der Waals surface area contributed by atoms with E-state index in [4.69, 9.17) is 0 Å². The van der Waals surface area contributed by atoms with Crippen molar-refractivity contribution in [1.82, 2.24) is 20.6 Å². The third kappa shape index (κ3) is 2.99. The molecule has 0 radical (unpaired) electrons. The van der Waals surface area contributed by atoms with Crippen LogP contribution in [0.5, 0.6) is 0 Å². The van der Waals surface area contributed by atoms with Gasteiger partial charge in [-0.25, -0.2) is 14.8 Å². The summed E-state index contributed by atoms with van der Waals surface area (Å²) in [5.41, 5.74) is 0.792. The molecule has 0 saturated heterocycles. The molecule has 1 aliphatic rings. The van der Waals surface area contributed by atoms with Crippen molar-refractivity contribution in [2.75, 3.05) is 6.54 Å². The maximum absolute atomic E-state index is 11.6. The van der Waals surface area contributed by atoms with Crippen molar-refractivity contribution in [3.63, 3.8) is 0 Å². The Morgan fingerprint density at radius 3 is 2.74 bits per heavy atom. The molecule has 0 aromatic carbocycles. The van der Waals surface area contributed by atoms with Crippen LogP contribution >= 0.6 is 0 Å². The Bertz CT molecular complexity index is 428. The van der Waals surface area contributed by atoms with E-state index in [0.717, 1.165) is 5.56 Å². The smallest absolute Gasteiger partial charge is 0.315 e. The predicted molar refractivity (Wildman–Crippen MR) is 67.4 cm³/mol. The van der Waals surface area contributed by atoms with E-state index >= 15 is 0 Å². The number of hydrogen-bond acceptors (Lipinski definition) is 5. The summed E-state index contributed by atoms with van der Waals surface area (Å²) < 4.78 is 0. The van der Waals surface area contributed by atoms with Crippen LogP contribution in [-0.2, 0) is 0 Å². The summed E-state index contributed by atoms with van der Waals surface area (Å²) in [5.74, 6) is -0.200. The molecule has 4 atom stereocenters. The van der Waals surface area contributed by atoms with Gasteiger partial charge in [0.25, 0.3) is 0 Å². The highest BCUT2D eigenvalue weighted by Crippen LogP contribution is 2.34. The molecule has 2 rings (SSSR count). The summed E-state index contributed by atoms with van der Waals surface area (Å²) >= 11 is 0. The summed E-state index contributed by atoms with van der Waals surface area (Å²) in [6.07, 6.45) is 3.19. The SMILES string of the molecule is CCNC(=O)N[C@H]1[C@H](O)[C@H](O)C[C@@H]1c1cncnc1. The summed E-state index contributed by atoms with van der Waals surface area (Å²) in [7, 11) is 0. The third-order valence-electron chi connectivity index (χ3n) is 3.33. The summed E-state index contributed by atoms with van der Waals surface area (Å²) in [6.45, 7) is 2.30. The number of rotatable bonds is 3. The maximum Gasteiger partial charge on any atom is 0.315 e. The van der Waals surface area contributed by atoms with Gasteiger partial charge in [-0.05, 0) is 18.9 Å². The van der Waals surface area contributed by atoms with Crippen LogP contribution in [-0.4, -0.2) is 51.0 Å². The van der Waals surface area contributed by atoms with E-state index in [2.05, 4.69) is 20.6 Å². The Morgan fingerprint density at radius 2 is 2.11 bits per heavy atom. The number of aliphatic hydroxyl groups excluding tert-OH is 2. The molecule has 104 valence electrons. The molecule has 1 saturated carbocycles. The molecule has 0 spiro atoms. The first-order chi connectivity index (χ1) is 9.13. The molecule has 19 heavy (non-hydrogen) atoms. The van der Waals surface area contributed by atoms with Crippen molar-refractivity contribution in [2.24, 2.45) is 0 Å². The molecule has 1 aromatic rings. The topological polar surface area (TPSA) is 107 Å². The minimum atomic E-state index is -0.993. The van der Waals surface area contributed by atoms with Gasteiger partial charge in [-0.2, -0.15) is 0 Å². The van der Waals surface area contributed by atoms with Crippen molar-refractivity contribution in [3.05, 3.63) is 24.3 Å². The van der Waals surface area contributed by atoms with Gasteiger partial charge in [-0.15, -0.1) is 0 Å². The van der Waals surface area contributed by atoms with E-state index in [9.17, 15) is 15.0 Å². The van der Waals surface area contributed by atoms with Crippen LogP contribution in [0.1, 0.15) is 24.8 Å². The zero-order chi connectivity index (χ0) is 13.8. The molecule has 0 unspecified atom stereocenters. The number of hydrogen-bond donors (Lipinski definition) is 4. The Kier molecular flexibility index (Phi) is 4.28. The Balaban J connectivity index is 2.14. The highest BCUT2D eigenvalue weighted by Gasteiger charge is 2.43. The minimum absolute atomic E-state index is 0.200. The van der Waals surface area contributed by atoms with Gasteiger partial charge in [-0.1, -0.05) is 0 Å². The third-order valence-corrected chi connectivity index (χ3v) is 3.33. The lowest BCUT2D eigenvalue weighted by Gasteiger charge is -2.23. The number of carbonyl (C=O) groups is 1. The average molecular weight is 266 g/mol. The first-order valence-corrected chi connectivity index (χ1v) is 6.29. The van der Waals surface area contributed by atoms with Crippen LogP contribution in [0.3, 0.4) is 0 Å². The van der Waals surface area contributed by atoms with E-state index in [1.165, 1.54) is 6.33 Å².